The number of benzene rings is 1. The highest BCUT2D eigenvalue weighted by molar-refractivity contribution is 8.00. The molecule has 26 heavy (non-hydrogen) atoms. The summed E-state index contributed by atoms with van der Waals surface area (Å²) in [5.41, 5.74) is 4.04. The third kappa shape index (κ3) is 2.79. The number of nitrogens with zero attached hydrogens (tertiary/aromatic N) is 3. The van der Waals surface area contributed by atoms with E-state index in [0.29, 0.717) is 17.0 Å². The van der Waals surface area contributed by atoms with E-state index in [-0.39, 0.29) is 5.78 Å². The van der Waals surface area contributed by atoms with Gasteiger partial charge in [-0.25, -0.2) is 4.98 Å². The maximum Gasteiger partial charge on any atom is 0.183 e. The molecule has 0 atom stereocenters. The van der Waals surface area contributed by atoms with Crippen LogP contribution in [-0.2, 0) is 6.42 Å². The Bertz CT molecular complexity index is 1150. The van der Waals surface area contributed by atoms with Gasteiger partial charge in [-0.3, -0.25) is 9.20 Å². The zero-order valence-electron chi connectivity index (χ0n) is 14.1. The number of pyridine rings is 1. The molecule has 4 aromatic rings. The number of rotatable bonds is 5. The van der Waals surface area contributed by atoms with Gasteiger partial charge in [-0.2, -0.15) is 5.26 Å². The summed E-state index contributed by atoms with van der Waals surface area (Å²) >= 11 is 2.96. The van der Waals surface area contributed by atoms with Crippen LogP contribution in [0.5, 0.6) is 0 Å². The van der Waals surface area contributed by atoms with Crippen molar-refractivity contribution in [2.24, 2.45) is 0 Å². The Labute approximate surface area is 159 Å². The number of fused-ring (bicyclic) bond motifs is 3. The molecule has 0 saturated heterocycles. The Hall–Kier alpha value is -2.62. The van der Waals surface area contributed by atoms with Gasteiger partial charge in [0.1, 0.15) is 6.07 Å². The number of Topliss-reactive ketones (excluding diaryl/α,β-unsaturated/α-hetero) is 1. The largest absolute Gasteiger partial charge is 0.292 e. The standard InChI is InChI=1S/C20H15N3OS2/c1-2-13-10-19(26-12-17(24)18-8-5-9-25-18)23-16-7-4-3-6-15(16)22-20(23)14(13)11-21/h3-10H,2,12H2,1H3. The van der Waals surface area contributed by atoms with Crippen LogP contribution in [0.4, 0.5) is 0 Å². The maximum absolute atomic E-state index is 12.4. The molecule has 0 aliphatic carbocycles. The van der Waals surface area contributed by atoms with E-state index in [1.807, 2.05) is 59.2 Å². The molecular formula is C20H15N3OS2. The number of hydrogen-bond acceptors (Lipinski definition) is 5. The van der Waals surface area contributed by atoms with Crippen molar-refractivity contribution < 1.29 is 4.79 Å². The second kappa shape index (κ2) is 6.94. The van der Waals surface area contributed by atoms with Crippen LogP contribution in [0.1, 0.15) is 27.7 Å². The van der Waals surface area contributed by atoms with Crippen molar-refractivity contribution in [3.63, 3.8) is 0 Å². The number of hydrogen-bond donors (Lipinski definition) is 0. The van der Waals surface area contributed by atoms with Gasteiger partial charge in [0.05, 0.1) is 32.3 Å². The smallest absolute Gasteiger partial charge is 0.183 e. The number of nitriles is 1. The number of thiophene rings is 1. The minimum Gasteiger partial charge on any atom is -0.292 e. The van der Waals surface area contributed by atoms with Crippen LogP contribution < -0.4 is 0 Å². The van der Waals surface area contributed by atoms with Gasteiger partial charge in [0.15, 0.2) is 11.4 Å². The number of carbonyl (C=O) groups excluding carboxylic acids is 1. The van der Waals surface area contributed by atoms with Gasteiger partial charge in [-0.05, 0) is 41.6 Å². The van der Waals surface area contributed by atoms with Crippen molar-refractivity contribution in [2.45, 2.75) is 18.4 Å². The van der Waals surface area contributed by atoms with E-state index in [2.05, 4.69) is 11.1 Å². The van der Waals surface area contributed by atoms with E-state index < -0.39 is 0 Å². The van der Waals surface area contributed by atoms with Crippen LogP contribution in [0.2, 0.25) is 0 Å². The second-order valence-electron chi connectivity index (χ2n) is 5.80. The Morgan fingerprint density at radius 1 is 1.31 bits per heavy atom. The van der Waals surface area contributed by atoms with Gasteiger partial charge < -0.3 is 0 Å². The molecule has 0 spiro atoms. The number of imidazole rings is 1. The highest BCUT2D eigenvalue weighted by Gasteiger charge is 2.17. The molecule has 0 aliphatic heterocycles. The number of ketones is 1. The normalized spacial score (nSPS) is 11.1. The minimum absolute atomic E-state index is 0.116. The van der Waals surface area contributed by atoms with Crippen molar-refractivity contribution in [2.75, 3.05) is 5.75 Å². The molecule has 4 nitrogen and oxygen atoms in total. The van der Waals surface area contributed by atoms with Gasteiger partial charge in [0, 0.05) is 0 Å². The summed E-state index contributed by atoms with van der Waals surface area (Å²) in [6.45, 7) is 2.03. The predicted octanol–water partition coefficient (Wildman–Crippen LogP) is 4.96. The zero-order valence-corrected chi connectivity index (χ0v) is 15.7. The second-order valence-corrected chi connectivity index (χ2v) is 7.74. The Morgan fingerprint density at radius 3 is 2.88 bits per heavy atom. The molecule has 3 aromatic heterocycles. The molecule has 0 amide bonds. The summed E-state index contributed by atoms with van der Waals surface area (Å²) in [4.78, 5) is 17.9. The van der Waals surface area contributed by atoms with Crippen molar-refractivity contribution in [3.8, 4) is 6.07 Å². The molecule has 6 heteroatoms. The lowest BCUT2D eigenvalue weighted by Crippen LogP contribution is -2.03. The first-order valence-electron chi connectivity index (χ1n) is 8.25. The van der Waals surface area contributed by atoms with Crippen LogP contribution >= 0.6 is 23.1 Å². The maximum atomic E-state index is 12.4. The van der Waals surface area contributed by atoms with Gasteiger partial charge in [-0.1, -0.05) is 36.9 Å². The number of carbonyl (C=O) groups is 1. The molecule has 0 radical (unpaired) electrons. The van der Waals surface area contributed by atoms with Crippen LogP contribution in [0.25, 0.3) is 16.7 Å². The zero-order chi connectivity index (χ0) is 18.1. The Balaban J connectivity index is 1.85. The summed E-state index contributed by atoms with van der Waals surface area (Å²) in [5, 5.41) is 12.5. The predicted molar refractivity (Wildman–Crippen MR) is 106 cm³/mol. The average molecular weight is 377 g/mol. The molecule has 0 saturated carbocycles. The first kappa shape index (κ1) is 16.8. The topological polar surface area (TPSA) is 58.2 Å². The lowest BCUT2D eigenvalue weighted by Gasteiger charge is -2.10. The highest BCUT2D eigenvalue weighted by Crippen LogP contribution is 2.30. The van der Waals surface area contributed by atoms with Gasteiger partial charge in [0.25, 0.3) is 0 Å². The molecule has 0 bridgehead atoms. The van der Waals surface area contributed by atoms with Crippen LogP contribution in [0, 0.1) is 11.3 Å². The first-order valence-corrected chi connectivity index (χ1v) is 10.1. The quantitative estimate of drug-likeness (QED) is 0.364. The summed E-state index contributed by atoms with van der Waals surface area (Å²) < 4.78 is 2.00. The van der Waals surface area contributed by atoms with Crippen molar-refractivity contribution in [1.29, 1.82) is 5.26 Å². The van der Waals surface area contributed by atoms with Crippen molar-refractivity contribution >= 4 is 45.6 Å². The third-order valence-electron chi connectivity index (χ3n) is 4.26. The molecule has 128 valence electrons. The lowest BCUT2D eigenvalue weighted by molar-refractivity contribution is 0.102. The first-order chi connectivity index (χ1) is 12.7. The van der Waals surface area contributed by atoms with Gasteiger partial charge in [0.2, 0.25) is 0 Å². The molecular weight excluding hydrogens is 362 g/mol. The van der Waals surface area contributed by atoms with Gasteiger partial charge >= 0.3 is 0 Å². The van der Waals surface area contributed by atoms with E-state index in [1.165, 1.54) is 23.1 Å². The van der Waals surface area contributed by atoms with E-state index >= 15 is 0 Å². The SMILES string of the molecule is CCc1cc(SCC(=O)c2cccs2)n2c(nc3ccccc32)c1C#N. The summed E-state index contributed by atoms with van der Waals surface area (Å²) in [5.74, 6) is 0.474. The molecule has 0 unspecified atom stereocenters. The van der Waals surface area contributed by atoms with Crippen LogP contribution in [0.3, 0.4) is 0 Å². The van der Waals surface area contributed by atoms with E-state index in [1.54, 1.807) is 0 Å². The van der Waals surface area contributed by atoms with Crippen molar-refractivity contribution in [3.05, 3.63) is 63.8 Å². The Kier molecular flexibility index (Phi) is 4.49. The number of aromatic nitrogens is 2. The Morgan fingerprint density at radius 2 is 2.15 bits per heavy atom. The fraction of sp³-hybridized carbons (Fsp3) is 0.150. The monoisotopic (exact) mass is 377 g/mol. The number of aryl methyl sites for hydroxylation is 1. The summed E-state index contributed by atoms with van der Waals surface area (Å²) in [6, 6.07) is 15.9. The molecule has 3 heterocycles. The summed E-state index contributed by atoms with van der Waals surface area (Å²) in [6.07, 6.45) is 0.745. The fourth-order valence-corrected chi connectivity index (χ4v) is 4.73. The molecule has 4 rings (SSSR count). The number of thioether (sulfide) groups is 1. The fourth-order valence-electron chi connectivity index (χ4n) is 3.00. The highest BCUT2D eigenvalue weighted by atomic mass is 32.2. The molecule has 0 fully saturated rings. The molecule has 1 aromatic carbocycles. The third-order valence-corrected chi connectivity index (χ3v) is 6.18. The van der Waals surface area contributed by atoms with E-state index in [4.69, 9.17) is 0 Å². The van der Waals surface area contributed by atoms with Gasteiger partial charge in [-0.15, -0.1) is 11.3 Å². The summed E-state index contributed by atoms with van der Waals surface area (Å²) in [7, 11) is 0. The minimum atomic E-state index is 0.116. The van der Waals surface area contributed by atoms with Crippen LogP contribution in [0.15, 0.2) is 52.9 Å². The average Bonchev–Trinajstić information content (AvgIpc) is 3.33. The van der Waals surface area contributed by atoms with E-state index in [9.17, 15) is 10.1 Å². The van der Waals surface area contributed by atoms with Crippen molar-refractivity contribution in [1.82, 2.24) is 9.38 Å². The number of para-hydroxylation sites is 2. The van der Waals surface area contributed by atoms with Crippen LogP contribution in [-0.4, -0.2) is 20.9 Å². The molecule has 0 N–H and O–H groups in total. The molecule has 0 aliphatic rings. The van der Waals surface area contributed by atoms with E-state index in [0.717, 1.165) is 32.9 Å². The lowest BCUT2D eigenvalue weighted by atomic mass is 10.1.